The summed E-state index contributed by atoms with van der Waals surface area (Å²) in [6, 6.07) is 0.832. The lowest BCUT2D eigenvalue weighted by atomic mass is 9.50. The van der Waals surface area contributed by atoms with Gasteiger partial charge in [-0.3, -0.25) is 0 Å². The van der Waals surface area contributed by atoms with Gasteiger partial charge in [-0.1, -0.05) is 115 Å². The Morgan fingerprint density at radius 1 is 0.667 bits per heavy atom. The molecular formula is C53H59NOS2. The number of allylic oxidation sites excluding steroid dienone is 17. The van der Waals surface area contributed by atoms with Crippen molar-refractivity contribution in [2.45, 2.75) is 117 Å². The van der Waals surface area contributed by atoms with Gasteiger partial charge in [0.05, 0.1) is 12.2 Å². The van der Waals surface area contributed by atoms with Gasteiger partial charge in [0.1, 0.15) is 0 Å². The van der Waals surface area contributed by atoms with Gasteiger partial charge in [-0.2, -0.15) is 0 Å². The summed E-state index contributed by atoms with van der Waals surface area (Å²) in [5.74, 6) is 5.65. The highest BCUT2D eigenvalue weighted by Crippen LogP contribution is 2.74. The molecule has 2 saturated heterocycles. The number of hydrogen-bond acceptors (Lipinski definition) is 4. The highest BCUT2D eigenvalue weighted by Gasteiger charge is 2.69. The first kappa shape index (κ1) is 35.1. The van der Waals surface area contributed by atoms with Crippen LogP contribution in [-0.2, 0) is 4.74 Å². The molecule has 57 heavy (non-hydrogen) atoms. The summed E-state index contributed by atoms with van der Waals surface area (Å²) in [6.45, 7) is 0. The molecule has 13 rings (SSSR count). The van der Waals surface area contributed by atoms with E-state index >= 15 is 0 Å². The van der Waals surface area contributed by atoms with Crippen LogP contribution >= 0.6 is 23.5 Å². The smallest absolute Gasteiger partial charge is 0.0833 e. The predicted octanol–water partition coefficient (Wildman–Crippen LogP) is 12.2. The SMILES string of the molecule is C1=CC2OC3C=C(N(C4C=CC5C6=C(CCC=C6)SC5C4)C4C=CC5C6C7=C(C=CC6C6(C8C=CC=CC8SC8C=CCCC86)C5C4)CCCC7)CCC3C2C=C1. The average Bonchev–Trinajstić information content (AvgIpc) is 3.92. The van der Waals surface area contributed by atoms with E-state index in [-0.39, 0.29) is 17.6 Å². The van der Waals surface area contributed by atoms with E-state index in [0.717, 1.165) is 5.92 Å². The summed E-state index contributed by atoms with van der Waals surface area (Å²) < 4.78 is 6.92. The monoisotopic (exact) mass is 789 g/mol. The van der Waals surface area contributed by atoms with Gasteiger partial charge in [0.2, 0.25) is 0 Å². The van der Waals surface area contributed by atoms with Crippen molar-refractivity contribution in [3.05, 3.63) is 143 Å². The minimum Gasteiger partial charge on any atom is -0.366 e. The fourth-order valence-electron chi connectivity index (χ4n) is 15.7. The zero-order chi connectivity index (χ0) is 37.2. The first-order valence-corrected chi connectivity index (χ1v) is 25.1. The first-order valence-electron chi connectivity index (χ1n) is 23.2. The molecule has 2 nitrogen and oxygen atoms in total. The van der Waals surface area contributed by atoms with Crippen LogP contribution in [0.1, 0.15) is 77.0 Å². The maximum absolute atomic E-state index is 6.92. The van der Waals surface area contributed by atoms with Gasteiger partial charge in [-0.25, -0.2) is 0 Å². The molecule has 4 heteroatoms. The van der Waals surface area contributed by atoms with E-state index < -0.39 is 0 Å². The third-order valence-corrected chi connectivity index (χ3v) is 20.8. The number of ether oxygens (including phenoxy) is 1. The molecule has 10 aliphatic carbocycles. The highest BCUT2D eigenvalue weighted by atomic mass is 32.2. The van der Waals surface area contributed by atoms with Crippen LogP contribution in [0.25, 0.3) is 0 Å². The van der Waals surface area contributed by atoms with Crippen molar-refractivity contribution >= 4 is 23.5 Å². The molecule has 0 radical (unpaired) electrons. The van der Waals surface area contributed by atoms with Crippen molar-refractivity contribution in [3.63, 3.8) is 0 Å². The standard InChI is InChI=1S/C53H59NOS2/c1-2-12-36-32(11-1)21-28-44-52(36)41-27-24-33(29-45(41)53(44)42-15-5-9-19-49(42)57-50-20-10-6-16-43(50)53)54(34-22-25-38-37-13-3-7-17-46(37)55-47(38)30-34)35-23-26-40-39-14-4-8-18-48(39)56-51(40)31-35/h3-5,7,9-10,13-15,17,19-21,23-24,26-28,30,33,35,37-38,40-47,49-52H,1-2,6,8,11-12,16,18,22,25,29,31H2. The van der Waals surface area contributed by atoms with E-state index in [1.807, 2.05) is 5.57 Å². The van der Waals surface area contributed by atoms with Gasteiger partial charge in [0, 0.05) is 45.4 Å². The van der Waals surface area contributed by atoms with E-state index in [4.69, 9.17) is 4.74 Å². The zero-order valence-corrected chi connectivity index (χ0v) is 35.0. The molecule has 1 saturated carbocycles. The van der Waals surface area contributed by atoms with Gasteiger partial charge >= 0.3 is 0 Å². The predicted molar refractivity (Wildman–Crippen MR) is 238 cm³/mol. The van der Waals surface area contributed by atoms with Crippen LogP contribution in [0.3, 0.4) is 0 Å². The lowest BCUT2D eigenvalue weighted by molar-refractivity contribution is -0.0144. The third kappa shape index (κ3) is 5.21. The molecule has 0 aromatic carbocycles. The molecular weight excluding hydrogens is 731 g/mol. The first-order chi connectivity index (χ1) is 28.2. The molecule has 17 atom stereocenters. The second-order valence-electron chi connectivity index (χ2n) is 19.9. The van der Waals surface area contributed by atoms with Crippen LogP contribution < -0.4 is 0 Å². The van der Waals surface area contributed by atoms with Crippen molar-refractivity contribution in [2.75, 3.05) is 0 Å². The Morgan fingerprint density at radius 2 is 1.56 bits per heavy atom. The van der Waals surface area contributed by atoms with Gasteiger partial charge in [-0.15, -0.1) is 23.5 Å². The molecule has 0 amide bonds. The molecule has 0 N–H and O–H groups in total. The van der Waals surface area contributed by atoms with E-state index in [9.17, 15) is 0 Å². The normalized spacial score (nSPS) is 48.8. The number of hydrogen-bond donors (Lipinski definition) is 0. The molecule has 13 aliphatic rings. The highest BCUT2D eigenvalue weighted by molar-refractivity contribution is 8.04. The quantitative estimate of drug-likeness (QED) is 0.264. The minimum absolute atomic E-state index is 0.215. The number of thioether (sulfide) groups is 2. The topological polar surface area (TPSA) is 12.5 Å². The molecule has 3 heterocycles. The van der Waals surface area contributed by atoms with Crippen molar-refractivity contribution in [3.8, 4) is 0 Å². The third-order valence-electron chi connectivity index (χ3n) is 17.7. The molecule has 3 fully saturated rings. The summed E-state index contributed by atoms with van der Waals surface area (Å²) in [7, 11) is 0. The fourth-order valence-corrected chi connectivity index (χ4v) is 19.1. The Balaban J connectivity index is 0.926. The van der Waals surface area contributed by atoms with E-state index in [0.29, 0.717) is 75.2 Å². The Kier molecular flexibility index (Phi) is 8.43. The minimum atomic E-state index is 0.215. The average molecular weight is 790 g/mol. The zero-order valence-electron chi connectivity index (χ0n) is 33.4. The van der Waals surface area contributed by atoms with Gasteiger partial charge in [0.15, 0.2) is 0 Å². The van der Waals surface area contributed by atoms with Crippen molar-refractivity contribution in [2.24, 2.45) is 58.7 Å². The van der Waals surface area contributed by atoms with Crippen LogP contribution in [0.5, 0.6) is 0 Å². The van der Waals surface area contributed by atoms with E-state index in [1.165, 1.54) is 77.0 Å². The number of rotatable bonds is 3. The summed E-state index contributed by atoms with van der Waals surface area (Å²) in [5.41, 5.74) is 7.09. The second kappa shape index (κ2) is 13.7. The Hall–Kier alpha value is -2.66. The number of nitrogens with zero attached hydrogens (tertiary/aromatic N) is 1. The Bertz CT molecular complexity index is 2090. The summed E-state index contributed by atoms with van der Waals surface area (Å²) in [6.07, 6.45) is 64.5. The lowest BCUT2D eigenvalue weighted by Gasteiger charge is -2.60. The van der Waals surface area contributed by atoms with Crippen LogP contribution in [0.2, 0.25) is 0 Å². The molecule has 0 aromatic heterocycles. The molecule has 0 bridgehead atoms. The molecule has 294 valence electrons. The lowest BCUT2D eigenvalue weighted by Crippen LogP contribution is -2.58. The Morgan fingerprint density at radius 3 is 2.56 bits per heavy atom. The molecule has 3 aliphatic heterocycles. The van der Waals surface area contributed by atoms with E-state index in [1.54, 1.807) is 21.7 Å². The van der Waals surface area contributed by atoms with Crippen LogP contribution in [0, 0.1) is 58.7 Å². The van der Waals surface area contributed by atoms with Crippen LogP contribution in [0.15, 0.2) is 143 Å². The van der Waals surface area contributed by atoms with Gasteiger partial charge in [0.25, 0.3) is 0 Å². The summed E-state index contributed by atoms with van der Waals surface area (Å²) in [5, 5.41) is 1.85. The van der Waals surface area contributed by atoms with Crippen molar-refractivity contribution in [1.29, 1.82) is 0 Å². The van der Waals surface area contributed by atoms with Crippen LogP contribution in [0.4, 0.5) is 0 Å². The second-order valence-corrected chi connectivity index (χ2v) is 22.6. The molecule has 0 aromatic rings. The molecule has 1 spiro atoms. The van der Waals surface area contributed by atoms with E-state index in [2.05, 4.69) is 144 Å². The fraction of sp³-hybridized carbons (Fsp3) is 0.547. The van der Waals surface area contributed by atoms with Crippen molar-refractivity contribution in [1.82, 2.24) is 4.90 Å². The Labute approximate surface area is 349 Å². The maximum Gasteiger partial charge on any atom is 0.0833 e. The van der Waals surface area contributed by atoms with Gasteiger partial charge < -0.3 is 9.64 Å². The maximum atomic E-state index is 6.92. The largest absolute Gasteiger partial charge is 0.366 e. The summed E-state index contributed by atoms with van der Waals surface area (Å²) >= 11 is 4.55. The van der Waals surface area contributed by atoms with Gasteiger partial charge in [-0.05, 0) is 146 Å². The van der Waals surface area contributed by atoms with Crippen molar-refractivity contribution < 1.29 is 4.74 Å². The number of fused-ring (bicyclic) bond motifs is 15. The molecule has 17 unspecified atom stereocenters. The van der Waals surface area contributed by atoms with Crippen LogP contribution in [-0.4, -0.2) is 44.9 Å². The summed E-state index contributed by atoms with van der Waals surface area (Å²) in [4.78, 5) is 4.71.